The molecule has 0 amide bonds. The minimum absolute atomic E-state index is 0.692. The number of furan rings is 1. The maximum atomic E-state index is 6.54. The molecule has 8 aromatic carbocycles. The van der Waals surface area contributed by atoms with Crippen LogP contribution >= 0.6 is 0 Å². The fourth-order valence-corrected chi connectivity index (χ4v) is 8.27. The Kier molecular flexibility index (Phi) is 7.46. The van der Waals surface area contributed by atoms with E-state index in [1.807, 2.05) is 24.3 Å². The van der Waals surface area contributed by atoms with Crippen LogP contribution in [0.5, 0.6) is 0 Å². The van der Waals surface area contributed by atoms with Crippen molar-refractivity contribution in [3.05, 3.63) is 200 Å². The van der Waals surface area contributed by atoms with Crippen LogP contribution in [0.2, 0.25) is 0 Å². The standard InChI is InChI=1S/C52H33N3O/c1-3-16-34(17-4-1)45-33-46(35-18-5-2-6-19-35)54-52(53-45)43-24-8-7-20-37(43)36-30-31-49-44(32-36)39-22-10-13-28-48(39)55(49)47-27-12-9-21-38(47)41-25-15-26-42-40-23-11-14-29-50(40)56-51(41)42/h1-33H. The number of hydrogen-bond acceptors (Lipinski definition) is 3. The SMILES string of the molecule is c1ccc(-c2cc(-c3ccccc3)nc(-c3ccccc3-c3ccc4c(c3)c3ccccc3n4-c3ccccc3-c3cccc4c3oc3ccccc34)n2)cc1. The maximum Gasteiger partial charge on any atom is 0.161 e. The lowest BCUT2D eigenvalue weighted by Gasteiger charge is -2.15. The zero-order chi connectivity index (χ0) is 37.0. The van der Waals surface area contributed by atoms with Crippen molar-refractivity contribution in [3.63, 3.8) is 0 Å². The predicted molar refractivity (Wildman–Crippen MR) is 231 cm³/mol. The molecule has 0 radical (unpaired) electrons. The van der Waals surface area contributed by atoms with Crippen molar-refractivity contribution in [2.24, 2.45) is 0 Å². The molecule has 0 fully saturated rings. The molecular weight excluding hydrogens is 683 g/mol. The van der Waals surface area contributed by atoms with Gasteiger partial charge in [-0.3, -0.25) is 0 Å². The second-order valence-electron chi connectivity index (χ2n) is 14.1. The van der Waals surface area contributed by atoms with Gasteiger partial charge in [-0.05, 0) is 47.5 Å². The molecule has 262 valence electrons. The molecule has 11 rings (SSSR count). The summed E-state index contributed by atoms with van der Waals surface area (Å²) in [6.45, 7) is 0. The zero-order valence-electron chi connectivity index (χ0n) is 30.3. The van der Waals surface area contributed by atoms with Crippen LogP contribution in [0, 0.1) is 0 Å². The molecule has 0 spiro atoms. The number of aromatic nitrogens is 3. The van der Waals surface area contributed by atoms with Crippen molar-refractivity contribution in [1.29, 1.82) is 0 Å². The Morgan fingerprint density at radius 1 is 0.357 bits per heavy atom. The summed E-state index contributed by atoms with van der Waals surface area (Å²) in [5.41, 5.74) is 14.4. The van der Waals surface area contributed by atoms with Crippen LogP contribution in [0.4, 0.5) is 0 Å². The Labute approximate surface area is 323 Å². The van der Waals surface area contributed by atoms with Gasteiger partial charge in [0, 0.05) is 49.4 Å². The Morgan fingerprint density at radius 3 is 1.70 bits per heavy atom. The molecule has 3 aromatic heterocycles. The molecule has 0 aliphatic heterocycles. The Hall–Kier alpha value is -7.56. The van der Waals surface area contributed by atoms with Crippen molar-refractivity contribution in [1.82, 2.24) is 14.5 Å². The highest BCUT2D eigenvalue weighted by Gasteiger charge is 2.20. The highest BCUT2D eigenvalue weighted by molar-refractivity contribution is 6.13. The summed E-state index contributed by atoms with van der Waals surface area (Å²) in [5.74, 6) is 0.692. The average molecular weight is 716 g/mol. The quantitative estimate of drug-likeness (QED) is 0.172. The first-order chi connectivity index (χ1) is 27.8. The normalized spacial score (nSPS) is 11.6. The first kappa shape index (κ1) is 31.9. The van der Waals surface area contributed by atoms with Crippen LogP contribution < -0.4 is 0 Å². The molecule has 0 aliphatic rings. The maximum absolute atomic E-state index is 6.54. The topological polar surface area (TPSA) is 43.9 Å². The third-order valence-corrected chi connectivity index (χ3v) is 10.9. The molecular formula is C52H33N3O. The van der Waals surface area contributed by atoms with Crippen LogP contribution in [-0.4, -0.2) is 14.5 Å². The largest absolute Gasteiger partial charge is 0.455 e. The molecule has 0 aliphatic carbocycles. The van der Waals surface area contributed by atoms with Crippen LogP contribution in [0.1, 0.15) is 0 Å². The molecule has 3 heterocycles. The van der Waals surface area contributed by atoms with E-state index >= 15 is 0 Å². The number of para-hydroxylation sites is 4. The van der Waals surface area contributed by atoms with Gasteiger partial charge < -0.3 is 8.98 Å². The number of hydrogen-bond donors (Lipinski definition) is 0. The van der Waals surface area contributed by atoms with Gasteiger partial charge in [0.2, 0.25) is 0 Å². The van der Waals surface area contributed by atoms with Gasteiger partial charge in [0.05, 0.1) is 28.1 Å². The van der Waals surface area contributed by atoms with Gasteiger partial charge in [-0.25, -0.2) is 9.97 Å². The number of fused-ring (bicyclic) bond motifs is 6. The van der Waals surface area contributed by atoms with Gasteiger partial charge >= 0.3 is 0 Å². The van der Waals surface area contributed by atoms with Crippen molar-refractivity contribution in [2.75, 3.05) is 0 Å². The van der Waals surface area contributed by atoms with E-state index in [1.165, 1.54) is 10.8 Å². The Balaban J connectivity index is 1.10. The van der Waals surface area contributed by atoms with Crippen molar-refractivity contribution < 1.29 is 4.42 Å². The summed E-state index contributed by atoms with van der Waals surface area (Å²) in [4.78, 5) is 10.4. The monoisotopic (exact) mass is 715 g/mol. The minimum Gasteiger partial charge on any atom is -0.455 e. The van der Waals surface area contributed by atoms with Gasteiger partial charge in [0.15, 0.2) is 5.82 Å². The second-order valence-corrected chi connectivity index (χ2v) is 14.1. The van der Waals surface area contributed by atoms with E-state index in [-0.39, 0.29) is 0 Å². The van der Waals surface area contributed by atoms with Gasteiger partial charge in [-0.15, -0.1) is 0 Å². The molecule has 0 N–H and O–H groups in total. The summed E-state index contributed by atoms with van der Waals surface area (Å²) in [7, 11) is 0. The first-order valence-electron chi connectivity index (χ1n) is 18.9. The Bertz CT molecular complexity index is 3190. The zero-order valence-corrected chi connectivity index (χ0v) is 30.3. The summed E-state index contributed by atoms with van der Waals surface area (Å²) < 4.78 is 8.94. The molecule has 0 unspecified atom stereocenters. The highest BCUT2D eigenvalue weighted by atomic mass is 16.3. The molecule has 56 heavy (non-hydrogen) atoms. The van der Waals surface area contributed by atoms with E-state index in [1.54, 1.807) is 0 Å². The highest BCUT2D eigenvalue weighted by Crippen LogP contribution is 2.42. The summed E-state index contributed by atoms with van der Waals surface area (Å²) in [6, 6.07) is 70.2. The minimum atomic E-state index is 0.692. The average Bonchev–Trinajstić information content (AvgIpc) is 3.82. The first-order valence-corrected chi connectivity index (χ1v) is 18.9. The predicted octanol–water partition coefficient (Wildman–Crippen LogP) is 13.8. The fraction of sp³-hybridized carbons (Fsp3) is 0. The lowest BCUT2D eigenvalue weighted by molar-refractivity contribution is 0.670. The molecule has 4 heteroatoms. The van der Waals surface area contributed by atoms with Crippen LogP contribution in [0.3, 0.4) is 0 Å². The van der Waals surface area contributed by atoms with Gasteiger partial charge in [0.1, 0.15) is 11.2 Å². The fourth-order valence-electron chi connectivity index (χ4n) is 8.27. The van der Waals surface area contributed by atoms with Crippen LogP contribution in [0.25, 0.3) is 106 Å². The number of rotatable bonds is 6. The number of nitrogens with zero attached hydrogens (tertiary/aromatic N) is 3. The summed E-state index contributed by atoms with van der Waals surface area (Å²) in [5, 5.41) is 4.61. The van der Waals surface area contributed by atoms with Crippen LogP contribution in [-0.2, 0) is 0 Å². The summed E-state index contributed by atoms with van der Waals surface area (Å²) in [6.07, 6.45) is 0. The lowest BCUT2D eigenvalue weighted by Crippen LogP contribution is -1.98. The van der Waals surface area contributed by atoms with Crippen molar-refractivity contribution in [2.45, 2.75) is 0 Å². The summed E-state index contributed by atoms with van der Waals surface area (Å²) >= 11 is 0. The van der Waals surface area contributed by atoms with Gasteiger partial charge in [-0.1, -0.05) is 164 Å². The molecule has 0 saturated heterocycles. The van der Waals surface area contributed by atoms with Gasteiger partial charge in [-0.2, -0.15) is 0 Å². The third kappa shape index (κ3) is 5.23. The van der Waals surface area contributed by atoms with E-state index in [4.69, 9.17) is 14.4 Å². The molecule has 4 nitrogen and oxygen atoms in total. The van der Waals surface area contributed by atoms with E-state index in [0.29, 0.717) is 5.82 Å². The molecule has 0 atom stereocenters. The smallest absolute Gasteiger partial charge is 0.161 e. The molecule has 11 aromatic rings. The van der Waals surface area contributed by atoms with Crippen molar-refractivity contribution in [3.8, 4) is 61.8 Å². The van der Waals surface area contributed by atoms with Crippen LogP contribution in [0.15, 0.2) is 205 Å². The second kappa shape index (κ2) is 13.1. The lowest BCUT2D eigenvalue weighted by atomic mass is 9.97. The van der Waals surface area contributed by atoms with E-state index in [2.05, 4.69) is 180 Å². The number of benzene rings is 8. The molecule has 0 saturated carbocycles. The van der Waals surface area contributed by atoms with E-state index in [0.717, 1.165) is 89.0 Å². The van der Waals surface area contributed by atoms with E-state index in [9.17, 15) is 0 Å². The Morgan fingerprint density at radius 2 is 0.929 bits per heavy atom. The molecule has 0 bridgehead atoms. The van der Waals surface area contributed by atoms with Gasteiger partial charge in [0.25, 0.3) is 0 Å². The van der Waals surface area contributed by atoms with Crippen molar-refractivity contribution >= 4 is 43.7 Å². The van der Waals surface area contributed by atoms with E-state index < -0.39 is 0 Å². The third-order valence-electron chi connectivity index (χ3n) is 10.9.